The number of piperazine rings is 1. The normalized spacial score (nSPS) is 20.3. The van der Waals surface area contributed by atoms with Crippen LogP contribution in [-0.2, 0) is 4.79 Å². The van der Waals surface area contributed by atoms with Gasteiger partial charge in [-0.15, -0.1) is 0 Å². The van der Waals surface area contributed by atoms with E-state index < -0.39 is 5.91 Å². The van der Waals surface area contributed by atoms with Gasteiger partial charge in [0.15, 0.2) is 0 Å². The van der Waals surface area contributed by atoms with Crippen molar-refractivity contribution in [3.8, 4) is 0 Å². The Hall–Kier alpha value is -3.26. The molecule has 8 nitrogen and oxygen atoms in total. The van der Waals surface area contributed by atoms with Crippen LogP contribution in [0.5, 0.6) is 0 Å². The predicted molar refractivity (Wildman–Crippen MR) is 112 cm³/mol. The molecule has 156 valence electrons. The maximum atomic E-state index is 13.1. The second-order valence-corrected chi connectivity index (χ2v) is 7.61. The molecule has 0 saturated carbocycles. The zero-order valence-electron chi connectivity index (χ0n) is 16.7. The van der Waals surface area contributed by atoms with E-state index >= 15 is 0 Å². The van der Waals surface area contributed by atoms with Gasteiger partial charge >= 0.3 is 0 Å². The molecule has 0 unspecified atom stereocenters. The van der Waals surface area contributed by atoms with Gasteiger partial charge in [0.25, 0.3) is 5.91 Å². The number of carbonyl (C=O) groups excluding carboxylic acids is 3. The highest BCUT2D eigenvalue weighted by atomic mass is 16.2. The molecule has 2 N–H and O–H groups in total. The average Bonchev–Trinajstić information content (AvgIpc) is 2.79. The Labute approximate surface area is 175 Å². The molecule has 0 radical (unpaired) electrons. The summed E-state index contributed by atoms with van der Waals surface area (Å²) in [7, 11) is 0. The minimum atomic E-state index is -0.572. The molecule has 30 heavy (non-hydrogen) atoms. The first-order valence-corrected chi connectivity index (χ1v) is 10.2. The number of aromatic nitrogens is 1. The lowest BCUT2D eigenvalue weighted by atomic mass is 10.0. The zero-order chi connectivity index (χ0) is 21.1. The lowest BCUT2D eigenvalue weighted by Gasteiger charge is -2.42. The Kier molecular flexibility index (Phi) is 5.76. The number of carbonyl (C=O) groups is 3. The third-order valence-corrected chi connectivity index (χ3v) is 5.79. The van der Waals surface area contributed by atoms with E-state index in [-0.39, 0.29) is 29.1 Å². The summed E-state index contributed by atoms with van der Waals surface area (Å²) < 4.78 is 0. The van der Waals surface area contributed by atoms with Crippen LogP contribution in [0, 0.1) is 0 Å². The number of rotatable bonds is 4. The highest BCUT2D eigenvalue weighted by molar-refractivity contribution is 5.98. The van der Waals surface area contributed by atoms with E-state index in [1.165, 1.54) is 18.3 Å². The van der Waals surface area contributed by atoms with Crippen LogP contribution in [0.4, 0.5) is 5.69 Å². The van der Waals surface area contributed by atoms with Crippen molar-refractivity contribution in [1.29, 1.82) is 0 Å². The second-order valence-electron chi connectivity index (χ2n) is 7.61. The molecule has 1 aromatic heterocycles. The quantitative estimate of drug-likeness (QED) is 0.819. The van der Waals surface area contributed by atoms with Crippen molar-refractivity contribution in [3.05, 3.63) is 59.9 Å². The Morgan fingerprint density at radius 1 is 0.967 bits per heavy atom. The first-order chi connectivity index (χ1) is 14.5. The number of amides is 3. The van der Waals surface area contributed by atoms with Crippen LogP contribution in [0.3, 0.4) is 0 Å². The minimum absolute atomic E-state index is 0.135. The topological polar surface area (TPSA) is 99.8 Å². The van der Waals surface area contributed by atoms with Crippen LogP contribution in [0.1, 0.15) is 33.7 Å². The fraction of sp³-hybridized carbons (Fsp3) is 0.364. The summed E-state index contributed by atoms with van der Waals surface area (Å²) in [5.41, 5.74) is 6.72. The fourth-order valence-electron chi connectivity index (χ4n) is 4.12. The Morgan fingerprint density at radius 3 is 2.33 bits per heavy atom. The van der Waals surface area contributed by atoms with Crippen LogP contribution in [0.2, 0.25) is 0 Å². The number of primary amides is 1. The van der Waals surface area contributed by atoms with Gasteiger partial charge < -0.3 is 15.5 Å². The summed E-state index contributed by atoms with van der Waals surface area (Å²) in [5, 5.41) is 0. The number of hydrogen-bond donors (Lipinski definition) is 1. The molecule has 4 rings (SSSR count). The van der Waals surface area contributed by atoms with Gasteiger partial charge in [0.05, 0.1) is 11.6 Å². The number of para-hydroxylation sites is 1. The number of anilines is 1. The second kappa shape index (κ2) is 8.62. The molecule has 2 aliphatic heterocycles. The van der Waals surface area contributed by atoms with E-state index in [0.717, 1.165) is 25.1 Å². The standard InChI is InChI=1S/C22H25N5O3/c23-20(28)16-8-9-18(24-15-16)21(29)26-13-11-25(12-14-26)19-7-4-10-27(22(19)30)17-5-2-1-3-6-17/h1-3,5-6,8-9,15,19H,4,7,10-14H2,(H2,23,28)/t19-/m0/s1. The molecule has 0 spiro atoms. The van der Waals surface area contributed by atoms with Gasteiger partial charge in [-0.1, -0.05) is 18.2 Å². The molecule has 1 aromatic carbocycles. The maximum Gasteiger partial charge on any atom is 0.272 e. The highest BCUT2D eigenvalue weighted by Crippen LogP contribution is 2.24. The Bertz CT molecular complexity index is 924. The van der Waals surface area contributed by atoms with Crippen LogP contribution >= 0.6 is 0 Å². The van der Waals surface area contributed by atoms with E-state index in [0.29, 0.717) is 26.2 Å². The minimum Gasteiger partial charge on any atom is -0.366 e. The molecule has 2 fully saturated rings. The van der Waals surface area contributed by atoms with E-state index in [1.807, 2.05) is 35.2 Å². The van der Waals surface area contributed by atoms with Gasteiger partial charge in [-0.3, -0.25) is 24.3 Å². The number of piperidine rings is 1. The van der Waals surface area contributed by atoms with Gasteiger partial charge in [-0.05, 0) is 37.1 Å². The third-order valence-electron chi connectivity index (χ3n) is 5.79. The molecule has 3 heterocycles. The zero-order valence-corrected chi connectivity index (χ0v) is 16.7. The summed E-state index contributed by atoms with van der Waals surface area (Å²) in [6.45, 7) is 3.10. The lowest BCUT2D eigenvalue weighted by Crippen LogP contribution is -2.58. The highest BCUT2D eigenvalue weighted by Gasteiger charge is 2.36. The third kappa shape index (κ3) is 4.04. The summed E-state index contributed by atoms with van der Waals surface area (Å²) in [5.74, 6) is -0.612. The molecular formula is C22H25N5O3. The van der Waals surface area contributed by atoms with Crippen molar-refractivity contribution >= 4 is 23.4 Å². The van der Waals surface area contributed by atoms with Crippen molar-refractivity contribution in [2.24, 2.45) is 5.73 Å². The van der Waals surface area contributed by atoms with Crippen LogP contribution in [0.15, 0.2) is 48.7 Å². The van der Waals surface area contributed by atoms with E-state index in [1.54, 1.807) is 4.90 Å². The molecule has 0 bridgehead atoms. The van der Waals surface area contributed by atoms with Crippen LogP contribution in [-0.4, -0.2) is 71.3 Å². The van der Waals surface area contributed by atoms with Crippen molar-refractivity contribution in [2.75, 3.05) is 37.6 Å². The molecular weight excluding hydrogens is 382 g/mol. The molecule has 3 amide bonds. The van der Waals surface area contributed by atoms with Crippen LogP contribution in [0.25, 0.3) is 0 Å². The van der Waals surface area contributed by atoms with E-state index in [2.05, 4.69) is 9.88 Å². The van der Waals surface area contributed by atoms with Crippen molar-refractivity contribution in [3.63, 3.8) is 0 Å². The summed E-state index contributed by atoms with van der Waals surface area (Å²) in [6.07, 6.45) is 3.12. The van der Waals surface area contributed by atoms with Gasteiger partial charge in [-0.25, -0.2) is 0 Å². The molecule has 2 aliphatic rings. The van der Waals surface area contributed by atoms with Gasteiger partial charge in [0.2, 0.25) is 11.8 Å². The lowest BCUT2D eigenvalue weighted by molar-refractivity contribution is -0.126. The Balaban J connectivity index is 1.37. The van der Waals surface area contributed by atoms with Crippen molar-refractivity contribution in [2.45, 2.75) is 18.9 Å². The van der Waals surface area contributed by atoms with Gasteiger partial charge in [0.1, 0.15) is 5.69 Å². The van der Waals surface area contributed by atoms with E-state index in [4.69, 9.17) is 5.73 Å². The molecule has 1 atom stereocenters. The number of hydrogen-bond acceptors (Lipinski definition) is 5. The summed E-state index contributed by atoms with van der Waals surface area (Å²) in [4.78, 5) is 46.9. The largest absolute Gasteiger partial charge is 0.366 e. The van der Waals surface area contributed by atoms with Crippen molar-refractivity contribution < 1.29 is 14.4 Å². The number of nitrogens with two attached hydrogens (primary N) is 1. The maximum absolute atomic E-state index is 13.1. The van der Waals surface area contributed by atoms with E-state index in [9.17, 15) is 14.4 Å². The monoisotopic (exact) mass is 407 g/mol. The molecule has 2 aromatic rings. The number of nitrogens with zero attached hydrogens (tertiary/aromatic N) is 4. The number of pyridine rings is 1. The predicted octanol–water partition coefficient (Wildman–Crippen LogP) is 1.13. The first kappa shape index (κ1) is 20.0. The summed E-state index contributed by atoms with van der Waals surface area (Å²) >= 11 is 0. The summed E-state index contributed by atoms with van der Waals surface area (Å²) in [6, 6.07) is 12.7. The SMILES string of the molecule is NC(=O)c1ccc(C(=O)N2CCN([C@H]3CCCN(c4ccccc4)C3=O)CC2)nc1. The first-order valence-electron chi connectivity index (χ1n) is 10.2. The average molecular weight is 407 g/mol. The van der Waals surface area contributed by atoms with Gasteiger partial charge in [0, 0.05) is 44.6 Å². The smallest absolute Gasteiger partial charge is 0.272 e. The van der Waals surface area contributed by atoms with Crippen molar-refractivity contribution in [1.82, 2.24) is 14.8 Å². The fourth-order valence-corrected chi connectivity index (χ4v) is 4.12. The molecule has 0 aliphatic carbocycles. The van der Waals surface area contributed by atoms with Gasteiger partial charge in [-0.2, -0.15) is 0 Å². The Morgan fingerprint density at radius 2 is 1.70 bits per heavy atom. The van der Waals surface area contributed by atoms with Crippen LogP contribution < -0.4 is 10.6 Å². The number of benzene rings is 1. The molecule has 8 heteroatoms. The molecule has 2 saturated heterocycles.